The van der Waals surface area contributed by atoms with Gasteiger partial charge in [-0.05, 0) is 29.5 Å². The van der Waals surface area contributed by atoms with Gasteiger partial charge < -0.3 is 10.1 Å². The molecule has 1 N–H and O–H groups in total. The number of aromatic nitrogens is 1. The average molecular weight is 530 g/mol. The van der Waals surface area contributed by atoms with Crippen molar-refractivity contribution in [2.24, 2.45) is 0 Å². The van der Waals surface area contributed by atoms with E-state index < -0.39 is 12.1 Å². The summed E-state index contributed by atoms with van der Waals surface area (Å²) in [4.78, 5) is 34.5. The van der Waals surface area contributed by atoms with Gasteiger partial charge in [0.25, 0.3) is 5.91 Å². The van der Waals surface area contributed by atoms with Gasteiger partial charge in [0.05, 0.1) is 11.1 Å². The normalized spacial score (nSPS) is 14.0. The van der Waals surface area contributed by atoms with Crippen molar-refractivity contribution in [1.29, 1.82) is 0 Å². The van der Waals surface area contributed by atoms with Gasteiger partial charge in [-0.25, -0.2) is 4.79 Å². The SMILES string of the molecule is CCC(OC(=O)c1c2c(nc3ccccc13)CCN(Cc1ccccc1)C2)C(=O)Nc1cccc2ccccc12. The van der Waals surface area contributed by atoms with Crippen molar-refractivity contribution in [1.82, 2.24) is 9.88 Å². The van der Waals surface area contributed by atoms with E-state index in [1.807, 2.05) is 91.9 Å². The summed E-state index contributed by atoms with van der Waals surface area (Å²) in [5, 5.41) is 5.70. The van der Waals surface area contributed by atoms with Gasteiger partial charge in [0, 0.05) is 53.8 Å². The van der Waals surface area contributed by atoms with Crippen molar-refractivity contribution in [2.45, 2.75) is 39.0 Å². The summed E-state index contributed by atoms with van der Waals surface area (Å²) in [5.41, 5.74) is 4.99. The molecule has 40 heavy (non-hydrogen) atoms. The fourth-order valence-electron chi connectivity index (χ4n) is 5.51. The fraction of sp³-hybridized carbons (Fsp3) is 0.206. The lowest BCUT2D eigenvalue weighted by Gasteiger charge is -2.30. The molecule has 5 aromatic rings. The summed E-state index contributed by atoms with van der Waals surface area (Å²) in [6, 6.07) is 31.6. The minimum atomic E-state index is -0.932. The maximum Gasteiger partial charge on any atom is 0.340 e. The molecule has 1 aliphatic rings. The third-order valence-electron chi connectivity index (χ3n) is 7.54. The highest BCUT2D eigenvalue weighted by Gasteiger charge is 2.29. The number of rotatable bonds is 7. The molecule has 0 bridgehead atoms. The minimum absolute atomic E-state index is 0.342. The lowest BCUT2D eigenvalue weighted by atomic mass is 9.95. The number of benzene rings is 4. The summed E-state index contributed by atoms with van der Waals surface area (Å²) in [7, 11) is 0. The average Bonchev–Trinajstić information content (AvgIpc) is 2.99. The Hall–Kier alpha value is -4.55. The summed E-state index contributed by atoms with van der Waals surface area (Å²) < 4.78 is 5.96. The van der Waals surface area contributed by atoms with E-state index in [1.54, 1.807) is 0 Å². The molecule has 4 aromatic carbocycles. The molecule has 6 heteroatoms. The lowest BCUT2D eigenvalue weighted by Crippen LogP contribution is -2.35. The van der Waals surface area contributed by atoms with Crippen molar-refractivity contribution in [3.05, 3.63) is 119 Å². The molecule has 0 spiro atoms. The van der Waals surface area contributed by atoms with E-state index >= 15 is 0 Å². The molecule has 0 saturated carbocycles. The summed E-state index contributed by atoms with van der Waals surface area (Å²) in [5.74, 6) is -0.832. The Labute approximate surface area is 233 Å². The highest BCUT2D eigenvalue weighted by atomic mass is 16.5. The number of ether oxygens (including phenoxy) is 1. The molecule has 0 aliphatic carbocycles. The number of hydrogen-bond donors (Lipinski definition) is 1. The number of nitrogens with zero attached hydrogens (tertiary/aromatic N) is 2. The monoisotopic (exact) mass is 529 g/mol. The highest BCUT2D eigenvalue weighted by molar-refractivity contribution is 6.07. The summed E-state index contributed by atoms with van der Waals surface area (Å²) in [6.45, 7) is 4.08. The van der Waals surface area contributed by atoms with Gasteiger partial charge in [-0.3, -0.25) is 14.7 Å². The van der Waals surface area contributed by atoms with Crippen LogP contribution in [-0.2, 0) is 29.0 Å². The van der Waals surface area contributed by atoms with E-state index in [4.69, 9.17) is 9.72 Å². The Morgan fingerprint density at radius 1 is 0.900 bits per heavy atom. The Bertz CT molecular complexity index is 1690. The van der Waals surface area contributed by atoms with Crippen LogP contribution in [0.5, 0.6) is 0 Å². The quantitative estimate of drug-likeness (QED) is 0.243. The number of esters is 1. The maximum absolute atomic E-state index is 13.9. The fourth-order valence-corrected chi connectivity index (χ4v) is 5.51. The first kappa shape index (κ1) is 25.7. The molecular formula is C34H31N3O3. The van der Waals surface area contributed by atoms with E-state index in [-0.39, 0.29) is 5.91 Å². The summed E-state index contributed by atoms with van der Waals surface area (Å²) >= 11 is 0. The third-order valence-corrected chi connectivity index (χ3v) is 7.54. The van der Waals surface area contributed by atoms with Crippen molar-refractivity contribution in [2.75, 3.05) is 11.9 Å². The van der Waals surface area contributed by atoms with E-state index in [1.165, 1.54) is 5.56 Å². The second-order valence-corrected chi connectivity index (χ2v) is 10.2. The standard InChI is InChI=1S/C34H31N3O3/c1-2-31(33(38)36-28-18-10-14-24-13-6-7-15-25(24)28)40-34(39)32-26-16-8-9-17-29(26)35-30-19-20-37(22-27(30)32)21-23-11-4-3-5-12-23/h3-18,31H,2,19-22H2,1H3,(H,36,38). The molecule has 1 amide bonds. The first-order valence-electron chi connectivity index (χ1n) is 13.8. The molecule has 0 fully saturated rings. The highest BCUT2D eigenvalue weighted by Crippen LogP contribution is 2.30. The molecule has 1 unspecified atom stereocenters. The number of nitrogens with one attached hydrogen (secondary N) is 1. The zero-order valence-electron chi connectivity index (χ0n) is 22.5. The molecule has 1 aliphatic heterocycles. The zero-order chi connectivity index (χ0) is 27.5. The van der Waals surface area contributed by atoms with Crippen LogP contribution in [0, 0.1) is 0 Å². The lowest BCUT2D eigenvalue weighted by molar-refractivity contribution is -0.124. The van der Waals surface area contributed by atoms with Gasteiger partial charge in [0.1, 0.15) is 0 Å². The number of pyridine rings is 1. The van der Waals surface area contributed by atoms with Gasteiger partial charge in [-0.15, -0.1) is 0 Å². The smallest absolute Gasteiger partial charge is 0.340 e. The van der Waals surface area contributed by atoms with Crippen LogP contribution in [0.4, 0.5) is 5.69 Å². The summed E-state index contributed by atoms with van der Waals surface area (Å²) in [6.07, 6.45) is 0.165. The van der Waals surface area contributed by atoms with Gasteiger partial charge in [-0.1, -0.05) is 91.9 Å². The second kappa shape index (κ2) is 11.3. The van der Waals surface area contributed by atoms with Crippen molar-refractivity contribution in [3.8, 4) is 0 Å². The first-order chi connectivity index (χ1) is 19.6. The van der Waals surface area contributed by atoms with Gasteiger partial charge >= 0.3 is 5.97 Å². The number of para-hydroxylation sites is 1. The molecule has 0 radical (unpaired) electrons. The van der Waals surface area contributed by atoms with Gasteiger partial charge in [0.2, 0.25) is 0 Å². The number of amides is 1. The van der Waals surface area contributed by atoms with E-state index in [2.05, 4.69) is 22.3 Å². The Morgan fingerprint density at radius 3 is 2.45 bits per heavy atom. The Balaban J connectivity index is 1.29. The van der Waals surface area contributed by atoms with E-state index in [0.29, 0.717) is 24.2 Å². The predicted octanol–water partition coefficient (Wildman–Crippen LogP) is 6.52. The molecule has 2 heterocycles. The Morgan fingerprint density at radius 2 is 1.62 bits per heavy atom. The minimum Gasteiger partial charge on any atom is -0.449 e. The van der Waals surface area contributed by atoms with Crippen LogP contribution in [0.2, 0.25) is 0 Å². The number of fused-ring (bicyclic) bond motifs is 3. The van der Waals surface area contributed by atoms with Gasteiger partial charge in [-0.2, -0.15) is 0 Å². The van der Waals surface area contributed by atoms with Gasteiger partial charge in [0.15, 0.2) is 6.10 Å². The Kier molecular flexibility index (Phi) is 7.25. The van der Waals surface area contributed by atoms with E-state index in [9.17, 15) is 9.59 Å². The molecule has 200 valence electrons. The van der Waals surface area contributed by atoms with Crippen LogP contribution in [0.25, 0.3) is 21.7 Å². The van der Waals surface area contributed by atoms with Crippen LogP contribution in [0.15, 0.2) is 97.1 Å². The number of hydrogen-bond acceptors (Lipinski definition) is 5. The predicted molar refractivity (Wildman–Crippen MR) is 158 cm³/mol. The molecular weight excluding hydrogens is 498 g/mol. The molecule has 6 rings (SSSR count). The van der Waals surface area contributed by atoms with Crippen LogP contribution in [0.3, 0.4) is 0 Å². The van der Waals surface area contributed by atoms with Crippen molar-refractivity contribution < 1.29 is 14.3 Å². The number of anilines is 1. The van der Waals surface area contributed by atoms with Crippen LogP contribution in [0.1, 0.15) is 40.5 Å². The first-order valence-corrected chi connectivity index (χ1v) is 13.8. The zero-order valence-corrected chi connectivity index (χ0v) is 22.5. The van der Waals surface area contributed by atoms with Crippen LogP contribution in [-0.4, -0.2) is 34.4 Å². The topological polar surface area (TPSA) is 71.5 Å². The number of carbonyl (C=O) groups excluding carboxylic acids is 2. The van der Waals surface area contributed by atoms with Crippen LogP contribution >= 0.6 is 0 Å². The largest absolute Gasteiger partial charge is 0.449 e. The second-order valence-electron chi connectivity index (χ2n) is 10.2. The van der Waals surface area contributed by atoms with Crippen molar-refractivity contribution >= 4 is 39.2 Å². The number of carbonyl (C=O) groups is 2. The third kappa shape index (κ3) is 5.18. The molecule has 0 saturated heterocycles. The maximum atomic E-state index is 13.9. The molecule has 6 nitrogen and oxygen atoms in total. The molecule has 1 aromatic heterocycles. The van der Waals surface area contributed by atoms with Crippen molar-refractivity contribution in [3.63, 3.8) is 0 Å². The van der Waals surface area contributed by atoms with E-state index in [0.717, 1.165) is 52.4 Å². The van der Waals surface area contributed by atoms with Crippen LogP contribution < -0.4 is 5.32 Å². The molecule has 1 atom stereocenters.